The van der Waals surface area contributed by atoms with E-state index in [1.807, 2.05) is 62.4 Å². The van der Waals surface area contributed by atoms with E-state index >= 15 is 0 Å². The van der Waals surface area contributed by atoms with Crippen molar-refractivity contribution in [2.24, 2.45) is 0 Å². The number of fused-ring (bicyclic) bond motifs is 1. The standard InChI is InChI=1S/C17H17N3O2/c1-11(2)22-15-10-6-5-9-14(15)18-17(21)16-12-7-3-4-8-13(12)19-20-16/h3-11H,1-2H3,(H,18,21)(H,19,20). The van der Waals surface area contributed by atoms with E-state index in [0.717, 1.165) is 10.9 Å². The molecule has 1 amide bonds. The van der Waals surface area contributed by atoms with E-state index in [0.29, 0.717) is 17.1 Å². The number of amides is 1. The van der Waals surface area contributed by atoms with Crippen molar-refractivity contribution in [3.05, 3.63) is 54.2 Å². The van der Waals surface area contributed by atoms with Crippen LogP contribution in [0.1, 0.15) is 24.3 Å². The Morgan fingerprint density at radius 3 is 2.68 bits per heavy atom. The second-order valence-corrected chi connectivity index (χ2v) is 5.23. The van der Waals surface area contributed by atoms with E-state index in [1.54, 1.807) is 0 Å². The summed E-state index contributed by atoms with van der Waals surface area (Å²) in [5.41, 5.74) is 1.84. The van der Waals surface area contributed by atoms with Gasteiger partial charge in [0, 0.05) is 5.39 Å². The Bertz CT molecular complexity index is 808. The van der Waals surface area contributed by atoms with Gasteiger partial charge >= 0.3 is 0 Å². The Labute approximate surface area is 128 Å². The van der Waals surface area contributed by atoms with Crippen LogP contribution in [0.25, 0.3) is 10.9 Å². The molecule has 22 heavy (non-hydrogen) atoms. The van der Waals surface area contributed by atoms with Gasteiger partial charge in [0.25, 0.3) is 5.91 Å². The van der Waals surface area contributed by atoms with Gasteiger partial charge < -0.3 is 10.1 Å². The van der Waals surface area contributed by atoms with Crippen molar-refractivity contribution in [2.75, 3.05) is 5.32 Å². The first kappa shape index (κ1) is 14.1. The largest absolute Gasteiger partial charge is 0.489 e. The molecule has 3 rings (SSSR count). The number of hydrogen-bond acceptors (Lipinski definition) is 3. The summed E-state index contributed by atoms with van der Waals surface area (Å²) < 4.78 is 5.71. The first-order valence-electron chi connectivity index (χ1n) is 7.15. The summed E-state index contributed by atoms with van der Waals surface area (Å²) in [6.45, 7) is 3.89. The number of aromatic amines is 1. The van der Waals surface area contributed by atoms with Crippen molar-refractivity contribution < 1.29 is 9.53 Å². The van der Waals surface area contributed by atoms with E-state index in [1.165, 1.54) is 0 Å². The number of carbonyl (C=O) groups excluding carboxylic acids is 1. The molecule has 5 nitrogen and oxygen atoms in total. The summed E-state index contributed by atoms with van der Waals surface area (Å²) in [4.78, 5) is 12.5. The predicted molar refractivity (Wildman–Crippen MR) is 86.3 cm³/mol. The first-order chi connectivity index (χ1) is 10.6. The van der Waals surface area contributed by atoms with Crippen molar-refractivity contribution in [1.29, 1.82) is 0 Å². The minimum atomic E-state index is -0.266. The van der Waals surface area contributed by atoms with Crippen LogP contribution >= 0.6 is 0 Å². The van der Waals surface area contributed by atoms with Crippen LogP contribution in [0.4, 0.5) is 5.69 Å². The lowest BCUT2D eigenvalue weighted by Gasteiger charge is -2.14. The molecule has 0 saturated heterocycles. The Morgan fingerprint density at radius 2 is 1.86 bits per heavy atom. The number of nitrogens with zero attached hydrogens (tertiary/aromatic N) is 1. The van der Waals surface area contributed by atoms with Crippen LogP contribution in [0, 0.1) is 0 Å². The minimum absolute atomic E-state index is 0.0317. The molecule has 0 aliphatic rings. The molecule has 0 saturated carbocycles. The highest BCUT2D eigenvalue weighted by atomic mass is 16.5. The number of benzene rings is 2. The maximum Gasteiger partial charge on any atom is 0.276 e. The topological polar surface area (TPSA) is 67.0 Å². The van der Waals surface area contributed by atoms with Crippen molar-refractivity contribution in [2.45, 2.75) is 20.0 Å². The molecule has 0 spiro atoms. The van der Waals surface area contributed by atoms with Gasteiger partial charge in [-0.25, -0.2) is 0 Å². The summed E-state index contributed by atoms with van der Waals surface area (Å²) in [7, 11) is 0. The van der Waals surface area contributed by atoms with Gasteiger partial charge in [0.2, 0.25) is 0 Å². The molecule has 0 unspecified atom stereocenters. The maximum absolute atomic E-state index is 12.5. The van der Waals surface area contributed by atoms with E-state index in [9.17, 15) is 4.79 Å². The Hall–Kier alpha value is -2.82. The highest BCUT2D eigenvalue weighted by Gasteiger charge is 2.15. The molecule has 1 aromatic heterocycles. The van der Waals surface area contributed by atoms with Gasteiger partial charge in [-0.05, 0) is 32.0 Å². The molecule has 112 valence electrons. The average Bonchev–Trinajstić information content (AvgIpc) is 2.93. The molecular formula is C17H17N3O2. The van der Waals surface area contributed by atoms with E-state index in [-0.39, 0.29) is 12.0 Å². The second kappa shape index (κ2) is 5.89. The molecule has 1 heterocycles. The zero-order valence-electron chi connectivity index (χ0n) is 12.5. The molecule has 0 atom stereocenters. The van der Waals surface area contributed by atoms with Gasteiger partial charge in [0.15, 0.2) is 5.69 Å². The SMILES string of the molecule is CC(C)Oc1ccccc1NC(=O)c1n[nH]c2ccccc12. The van der Waals surface area contributed by atoms with Gasteiger partial charge in [-0.2, -0.15) is 5.10 Å². The monoisotopic (exact) mass is 295 g/mol. The summed E-state index contributed by atoms with van der Waals surface area (Å²) in [5.74, 6) is 0.378. The molecule has 5 heteroatoms. The fraction of sp³-hybridized carbons (Fsp3) is 0.176. The molecule has 2 aromatic carbocycles. The third kappa shape index (κ3) is 2.79. The Kier molecular flexibility index (Phi) is 3.78. The van der Waals surface area contributed by atoms with Gasteiger partial charge in [-0.15, -0.1) is 0 Å². The molecule has 0 fully saturated rings. The van der Waals surface area contributed by atoms with Gasteiger partial charge in [0.05, 0.1) is 17.3 Å². The quantitative estimate of drug-likeness (QED) is 0.772. The number of para-hydroxylation sites is 3. The smallest absolute Gasteiger partial charge is 0.276 e. The number of carbonyl (C=O) groups is 1. The van der Waals surface area contributed by atoms with Crippen molar-refractivity contribution in [3.63, 3.8) is 0 Å². The molecule has 0 aliphatic carbocycles. The van der Waals surface area contributed by atoms with Gasteiger partial charge in [0.1, 0.15) is 5.75 Å². The second-order valence-electron chi connectivity index (χ2n) is 5.23. The Morgan fingerprint density at radius 1 is 1.14 bits per heavy atom. The predicted octanol–water partition coefficient (Wildman–Crippen LogP) is 3.60. The van der Waals surface area contributed by atoms with Crippen molar-refractivity contribution in [3.8, 4) is 5.75 Å². The minimum Gasteiger partial charge on any atom is -0.489 e. The summed E-state index contributed by atoms with van der Waals surface area (Å²) in [6, 6.07) is 14.9. The van der Waals surface area contributed by atoms with Gasteiger partial charge in [-0.3, -0.25) is 9.89 Å². The Balaban J connectivity index is 1.89. The zero-order valence-corrected chi connectivity index (χ0v) is 12.5. The van der Waals surface area contributed by atoms with Crippen LogP contribution in [0.3, 0.4) is 0 Å². The number of aromatic nitrogens is 2. The molecule has 0 radical (unpaired) electrons. The summed E-state index contributed by atoms with van der Waals surface area (Å²) in [6.07, 6.45) is 0.0317. The number of ether oxygens (including phenoxy) is 1. The van der Waals surface area contributed by atoms with Crippen LogP contribution in [0.5, 0.6) is 5.75 Å². The van der Waals surface area contributed by atoms with E-state index < -0.39 is 0 Å². The molecule has 0 aliphatic heterocycles. The molecule has 0 bridgehead atoms. The van der Waals surface area contributed by atoms with Crippen molar-refractivity contribution >= 4 is 22.5 Å². The number of hydrogen-bond donors (Lipinski definition) is 2. The van der Waals surface area contributed by atoms with Crippen molar-refractivity contribution in [1.82, 2.24) is 10.2 Å². The fourth-order valence-corrected chi connectivity index (χ4v) is 2.24. The first-order valence-corrected chi connectivity index (χ1v) is 7.15. The van der Waals surface area contributed by atoms with E-state index in [4.69, 9.17) is 4.74 Å². The lowest BCUT2D eigenvalue weighted by Crippen LogP contribution is -2.15. The molecular weight excluding hydrogens is 278 g/mol. The summed E-state index contributed by atoms with van der Waals surface area (Å²) >= 11 is 0. The molecule has 3 aromatic rings. The zero-order chi connectivity index (χ0) is 15.5. The highest BCUT2D eigenvalue weighted by Crippen LogP contribution is 2.26. The number of anilines is 1. The molecule has 2 N–H and O–H groups in total. The lowest BCUT2D eigenvalue weighted by molar-refractivity contribution is 0.102. The van der Waals surface area contributed by atoms with Crippen LogP contribution < -0.4 is 10.1 Å². The van der Waals surface area contributed by atoms with Crippen LogP contribution in [-0.2, 0) is 0 Å². The third-order valence-electron chi connectivity index (χ3n) is 3.18. The summed E-state index contributed by atoms with van der Waals surface area (Å²) in [5, 5.41) is 10.6. The highest BCUT2D eigenvalue weighted by molar-refractivity contribution is 6.11. The number of H-pyrrole nitrogens is 1. The van der Waals surface area contributed by atoms with Crippen LogP contribution in [0.15, 0.2) is 48.5 Å². The van der Waals surface area contributed by atoms with Gasteiger partial charge in [-0.1, -0.05) is 30.3 Å². The maximum atomic E-state index is 12.5. The lowest BCUT2D eigenvalue weighted by atomic mass is 10.2. The van der Waals surface area contributed by atoms with E-state index in [2.05, 4.69) is 15.5 Å². The number of rotatable bonds is 4. The average molecular weight is 295 g/mol. The van der Waals surface area contributed by atoms with Crippen LogP contribution in [-0.4, -0.2) is 22.2 Å². The third-order valence-corrected chi connectivity index (χ3v) is 3.18. The van der Waals surface area contributed by atoms with Crippen LogP contribution in [0.2, 0.25) is 0 Å². The number of nitrogens with one attached hydrogen (secondary N) is 2. The fourth-order valence-electron chi connectivity index (χ4n) is 2.24. The normalized spacial score (nSPS) is 10.9.